The Hall–Kier alpha value is -2.66. The van der Waals surface area contributed by atoms with Crippen molar-refractivity contribution in [1.82, 2.24) is 5.16 Å². The number of fused-ring (bicyclic) bond motifs is 1. The summed E-state index contributed by atoms with van der Waals surface area (Å²) < 4.78 is 16.5. The first-order valence-electron chi connectivity index (χ1n) is 8.55. The van der Waals surface area contributed by atoms with Crippen molar-refractivity contribution in [3.63, 3.8) is 0 Å². The molecule has 2 aromatic carbocycles. The van der Waals surface area contributed by atoms with Gasteiger partial charge in [-0.2, -0.15) is 0 Å². The summed E-state index contributed by atoms with van der Waals surface area (Å²) in [7, 11) is 0. The van der Waals surface area contributed by atoms with E-state index in [4.69, 9.17) is 14.0 Å². The zero-order valence-corrected chi connectivity index (χ0v) is 13.8. The third kappa shape index (κ3) is 3.42. The molecule has 0 bridgehead atoms. The van der Waals surface area contributed by atoms with E-state index in [9.17, 15) is 4.79 Å². The molecular formula is C20H19NO4. The molecule has 0 radical (unpaired) electrons. The van der Waals surface area contributed by atoms with Crippen molar-refractivity contribution in [1.29, 1.82) is 0 Å². The number of hydrogen-bond acceptors (Lipinski definition) is 5. The van der Waals surface area contributed by atoms with E-state index in [0.29, 0.717) is 23.4 Å². The summed E-state index contributed by atoms with van der Waals surface area (Å²) in [6.45, 7) is 1.04. The van der Waals surface area contributed by atoms with Crippen LogP contribution in [0.3, 0.4) is 0 Å². The number of aromatic nitrogens is 1. The molecule has 1 aromatic heterocycles. The molecule has 1 fully saturated rings. The van der Waals surface area contributed by atoms with E-state index in [0.717, 1.165) is 36.8 Å². The van der Waals surface area contributed by atoms with E-state index >= 15 is 0 Å². The maximum Gasteiger partial charge on any atom is 0.338 e. The fraction of sp³-hybridized carbons (Fsp3) is 0.300. The SMILES string of the molecule is O=C(OCC1CCCCO1)c1ccc2noc(-c3ccccc3)c2c1. The lowest BCUT2D eigenvalue weighted by Gasteiger charge is -2.22. The number of nitrogens with zero attached hydrogens (tertiary/aromatic N) is 1. The Bertz CT molecular complexity index is 866. The van der Waals surface area contributed by atoms with Crippen molar-refractivity contribution in [3.05, 3.63) is 54.1 Å². The molecule has 3 aromatic rings. The van der Waals surface area contributed by atoms with Crippen molar-refractivity contribution in [3.8, 4) is 11.3 Å². The molecule has 1 unspecified atom stereocenters. The van der Waals surface area contributed by atoms with Gasteiger partial charge in [-0.25, -0.2) is 4.79 Å². The van der Waals surface area contributed by atoms with Crippen LogP contribution in [0.15, 0.2) is 53.1 Å². The first-order valence-corrected chi connectivity index (χ1v) is 8.55. The van der Waals surface area contributed by atoms with Crippen LogP contribution in [0.5, 0.6) is 0 Å². The Labute approximate surface area is 145 Å². The van der Waals surface area contributed by atoms with Crippen LogP contribution in [-0.2, 0) is 9.47 Å². The standard InChI is InChI=1S/C20H19NO4/c22-20(24-13-16-8-4-5-11-23-16)15-9-10-18-17(12-15)19(25-21-18)14-6-2-1-3-7-14/h1-3,6-7,9-10,12,16H,4-5,8,11,13H2. The summed E-state index contributed by atoms with van der Waals surface area (Å²) in [4.78, 5) is 12.4. The van der Waals surface area contributed by atoms with Crippen LogP contribution < -0.4 is 0 Å². The minimum Gasteiger partial charge on any atom is -0.459 e. The molecule has 128 valence electrons. The lowest BCUT2D eigenvalue weighted by atomic mass is 10.1. The maximum atomic E-state index is 12.4. The second-order valence-electron chi connectivity index (χ2n) is 6.20. The number of esters is 1. The highest BCUT2D eigenvalue weighted by Gasteiger charge is 2.18. The van der Waals surface area contributed by atoms with Crippen LogP contribution in [-0.4, -0.2) is 30.4 Å². The summed E-state index contributed by atoms with van der Waals surface area (Å²) in [5.41, 5.74) is 2.13. The van der Waals surface area contributed by atoms with Crippen molar-refractivity contribution in [2.45, 2.75) is 25.4 Å². The predicted molar refractivity (Wildman–Crippen MR) is 93.3 cm³/mol. The maximum absolute atomic E-state index is 12.4. The summed E-state index contributed by atoms with van der Waals surface area (Å²) in [5.74, 6) is 0.303. The molecule has 0 saturated carbocycles. The van der Waals surface area contributed by atoms with Gasteiger partial charge in [-0.3, -0.25) is 0 Å². The highest BCUT2D eigenvalue weighted by atomic mass is 16.6. The molecule has 25 heavy (non-hydrogen) atoms. The molecule has 1 saturated heterocycles. The number of hydrogen-bond donors (Lipinski definition) is 0. The molecule has 1 atom stereocenters. The van der Waals surface area contributed by atoms with Gasteiger partial charge in [0.25, 0.3) is 0 Å². The molecular weight excluding hydrogens is 318 g/mol. The lowest BCUT2D eigenvalue weighted by Crippen LogP contribution is -2.25. The highest BCUT2D eigenvalue weighted by molar-refractivity contribution is 5.98. The second kappa shape index (κ2) is 7.07. The van der Waals surface area contributed by atoms with Gasteiger partial charge >= 0.3 is 5.97 Å². The molecule has 5 heteroatoms. The summed E-state index contributed by atoms with van der Waals surface area (Å²) in [6.07, 6.45) is 3.15. The van der Waals surface area contributed by atoms with Crippen molar-refractivity contribution < 1.29 is 18.8 Å². The average Bonchev–Trinajstić information content (AvgIpc) is 3.11. The van der Waals surface area contributed by atoms with E-state index in [1.54, 1.807) is 18.2 Å². The number of carbonyl (C=O) groups is 1. The molecule has 0 N–H and O–H groups in total. The minimum absolute atomic E-state index is 0.0110. The van der Waals surface area contributed by atoms with Gasteiger partial charge in [0.15, 0.2) is 5.76 Å². The van der Waals surface area contributed by atoms with E-state index < -0.39 is 0 Å². The Morgan fingerprint density at radius 1 is 1.16 bits per heavy atom. The van der Waals surface area contributed by atoms with Gasteiger partial charge in [-0.05, 0) is 37.5 Å². The average molecular weight is 337 g/mol. The van der Waals surface area contributed by atoms with Gasteiger partial charge in [0.1, 0.15) is 12.1 Å². The van der Waals surface area contributed by atoms with Crippen LogP contribution in [0, 0.1) is 0 Å². The highest BCUT2D eigenvalue weighted by Crippen LogP contribution is 2.29. The van der Waals surface area contributed by atoms with E-state index in [1.807, 2.05) is 30.3 Å². The van der Waals surface area contributed by atoms with E-state index in [1.165, 1.54) is 0 Å². The largest absolute Gasteiger partial charge is 0.459 e. The smallest absolute Gasteiger partial charge is 0.338 e. The molecule has 0 aliphatic carbocycles. The Morgan fingerprint density at radius 3 is 2.84 bits per heavy atom. The van der Waals surface area contributed by atoms with Crippen molar-refractivity contribution in [2.75, 3.05) is 13.2 Å². The fourth-order valence-electron chi connectivity index (χ4n) is 3.06. The third-order valence-corrected chi connectivity index (χ3v) is 4.42. The van der Waals surface area contributed by atoms with Crippen molar-refractivity contribution >= 4 is 16.9 Å². The van der Waals surface area contributed by atoms with Crippen LogP contribution in [0.2, 0.25) is 0 Å². The predicted octanol–water partition coefficient (Wildman–Crippen LogP) is 4.22. The zero-order chi connectivity index (χ0) is 17.1. The van der Waals surface area contributed by atoms with Crippen molar-refractivity contribution in [2.24, 2.45) is 0 Å². The number of rotatable bonds is 4. The Morgan fingerprint density at radius 2 is 2.04 bits per heavy atom. The van der Waals surface area contributed by atoms with Gasteiger partial charge in [0.2, 0.25) is 0 Å². The van der Waals surface area contributed by atoms with Gasteiger partial charge < -0.3 is 14.0 Å². The van der Waals surface area contributed by atoms with Gasteiger partial charge in [0, 0.05) is 12.2 Å². The van der Waals surface area contributed by atoms with Gasteiger partial charge in [0.05, 0.1) is 17.1 Å². The minimum atomic E-state index is -0.351. The van der Waals surface area contributed by atoms with Gasteiger partial charge in [-0.1, -0.05) is 35.5 Å². The summed E-state index contributed by atoms with van der Waals surface area (Å²) in [6, 6.07) is 15.0. The zero-order valence-electron chi connectivity index (χ0n) is 13.8. The van der Waals surface area contributed by atoms with Crippen LogP contribution >= 0.6 is 0 Å². The van der Waals surface area contributed by atoms with E-state index in [-0.39, 0.29) is 12.1 Å². The molecule has 1 aliphatic heterocycles. The molecule has 2 heterocycles. The first-order chi connectivity index (χ1) is 12.3. The quantitative estimate of drug-likeness (QED) is 0.667. The number of ether oxygens (including phenoxy) is 2. The monoisotopic (exact) mass is 337 g/mol. The van der Waals surface area contributed by atoms with Gasteiger partial charge in [-0.15, -0.1) is 0 Å². The van der Waals surface area contributed by atoms with Crippen LogP contribution in [0.4, 0.5) is 0 Å². The van der Waals surface area contributed by atoms with Crippen LogP contribution in [0.1, 0.15) is 29.6 Å². The number of benzene rings is 2. The first kappa shape index (κ1) is 15.8. The lowest BCUT2D eigenvalue weighted by molar-refractivity contribution is -0.0300. The summed E-state index contributed by atoms with van der Waals surface area (Å²) >= 11 is 0. The molecule has 5 nitrogen and oxygen atoms in total. The summed E-state index contributed by atoms with van der Waals surface area (Å²) in [5, 5.41) is 4.87. The van der Waals surface area contributed by atoms with E-state index in [2.05, 4.69) is 5.16 Å². The molecule has 4 rings (SSSR count). The Balaban J connectivity index is 1.54. The molecule has 0 amide bonds. The topological polar surface area (TPSA) is 61.6 Å². The van der Waals surface area contributed by atoms with Crippen LogP contribution in [0.25, 0.3) is 22.2 Å². The second-order valence-corrected chi connectivity index (χ2v) is 6.20. The number of carbonyl (C=O) groups excluding carboxylic acids is 1. The molecule has 0 spiro atoms. The third-order valence-electron chi connectivity index (χ3n) is 4.42. The molecule has 1 aliphatic rings. The fourth-order valence-corrected chi connectivity index (χ4v) is 3.06. The normalized spacial score (nSPS) is 17.5. The Kier molecular flexibility index (Phi) is 4.48.